The molecule has 0 amide bonds. The first-order chi connectivity index (χ1) is 13.6. The molecule has 28 heavy (non-hydrogen) atoms. The van der Waals surface area contributed by atoms with Crippen molar-refractivity contribution in [2.45, 2.75) is 26.8 Å². The van der Waals surface area contributed by atoms with Crippen LogP contribution in [0, 0.1) is 13.8 Å². The Bertz CT molecular complexity index is 1180. The summed E-state index contributed by atoms with van der Waals surface area (Å²) in [6.07, 6.45) is 1.02. The SMILES string of the molecule is Cc1ccc(-c2c(C)sc3nc(Cl)nc(N4CCc5ccccc5C4)c23)cc1. The maximum atomic E-state index is 6.33. The third-order valence-electron chi connectivity index (χ3n) is 5.45. The molecule has 0 N–H and O–H groups in total. The first kappa shape index (κ1) is 17.7. The summed E-state index contributed by atoms with van der Waals surface area (Å²) in [4.78, 5) is 13.8. The molecule has 0 fully saturated rings. The molecule has 1 aliphatic rings. The Morgan fingerprint density at radius 2 is 1.71 bits per heavy atom. The molecular weight excluding hydrogens is 386 g/mol. The molecule has 5 rings (SSSR count). The molecule has 0 atom stereocenters. The van der Waals surface area contributed by atoms with Gasteiger partial charge in [-0.15, -0.1) is 11.3 Å². The van der Waals surface area contributed by atoms with E-state index in [4.69, 9.17) is 16.6 Å². The fourth-order valence-corrected chi connectivity index (χ4v) is 5.30. The fourth-order valence-electron chi connectivity index (χ4n) is 4.04. The number of anilines is 1. The lowest BCUT2D eigenvalue weighted by Crippen LogP contribution is -2.31. The van der Waals surface area contributed by atoms with Crippen molar-refractivity contribution < 1.29 is 0 Å². The molecule has 0 saturated heterocycles. The average Bonchev–Trinajstić information content (AvgIpc) is 3.03. The number of halogens is 1. The fraction of sp³-hybridized carbons (Fsp3) is 0.217. The van der Waals surface area contributed by atoms with Gasteiger partial charge in [0, 0.05) is 23.5 Å². The van der Waals surface area contributed by atoms with Crippen LogP contribution in [0.1, 0.15) is 21.6 Å². The van der Waals surface area contributed by atoms with Crippen molar-refractivity contribution in [3.8, 4) is 11.1 Å². The summed E-state index contributed by atoms with van der Waals surface area (Å²) < 4.78 is 0. The van der Waals surface area contributed by atoms with Crippen LogP contribution in [0.15, 0.2) is 48.5 Å². The number of aryl methyl sites for hydroxylation is 2. The van der Waals surface area contributed by atoms with Gasteiger partial charge < -0.3 is 4.90 Å². The molecule has 0 spiro atoms. The van der Waals surface area contributed by atoms with Crippen molar-refractivity contribution in [1.29, 1.82) is 0 Å². The molecule has 0 bridgehead atoms. The molecule has 0 radical (unpaired) electrons. The summed E-state index contributed by atoms with van der Waals surface area (Å²) in [7, 11) is 0. The molecule has 3 heterocycles. The Morgan fingerprint density at radius 3 is 2.50 bits per heavy atom. The largest absolute Gasteiger partial charge is 0.351 e. The van der Waals surface area contributed by atoms with E-state index in [1.54, 1.807) is 11.3 Å². The molecule has 0 unspecified atom stereocenters. The number of hydrogen-bond donors (Lipinski definition) is 0. The Hall–Kier alpha value is -2.43. The van der Waals surface area contributed by atoms with Crippen LogP contribution in [-0.2, 0) is 13.0 Å². The molecule has 140 valence electrons. The average molecular weight is 406 g/mol. The molecular formula is C23H20ClN3S. The van der Waals surface area contributed by atoms with E-state index >= 15 is 0 Å². The second kappa shape index (κ2) is 6.87. The van der Waals surface area contributed by atoms with Crippen LogP contribution in [0.5, 0.6) is 0 Å². The Kier molecular flexibility index (Phi) is 4.33. The predicted molar refractivity (Wildman–Crippen MR) is 119 cm³/mol. The van der Waals surface area contributed by atoms with Crippen LogP contribution in [0.2, 0.25) is 5.28 Å². The third kappa shape index (κ3) is 2.97. The number of hydrogen-bond acceptors (Lipinski definition) is 4. The molecule has 2 aromatic carbocycles. The lowest BCUT2D eigenvalue weighted by Gasteiger charge is -2.30. The van der Waals surface area contributed by atoms with Crippen molar-refractivity contribution in [2.24, 2.45) is 0 Å². The first-order valence-electron chi connectivity index (χ1n) is 9.45. The lowest BCUT2D eigenvalue weighted by atomic mass is 9.98. The van der Waals surface area contributed by atoms with E-state index in [1.165, 1.54) is 32.7 Å². The summed E-state index contributed by atoms with van der Waals surface area (Å²) in [5.41, 5.74) is 6.48. The summed E-state index contributed by atoms with van der Waals surface area (Å²) in [5.74, 6) is 0.949. The second-order valence-electron chi connectivity index (χ2n) is 7.34. The minimum atomic E-state index is 0.318. The normalized spacial score (nSPS) is 13.8. The van der Waals surface area contributed by atoms with Crippen LogP contribution in [-0.4, -0.2) is 16.5 Å². The highest BCUT2D eigenvalue weighted by Gasteiger charge is 2.24. The van der Waals surface area contributed by atoms with Gasteiger partial charge in [-0.25, -0.2) is 4.98 Å². The quantitative estimate of drug-likeness (QED) is 0.372. The molecule has 0 saturated carbocycles. The van der Waals surface area contributed by atoms with E-state index in [2.05, 4.69) is 72.3 Å². The summed E-state index contributed by atoms with van der Waals surface area (Å²) in [6, 6.07) is 17.4. The standard InChI is InChI=1S/C23H20ClN3S/c1-14-7-9-17(10-8-14)19-15(2)28-22-20(19)21(25-23(24)26-22)27-12-11-16-5-3-4-6-18(16)13-27/h3-10H,11-13H2,1-2H3. The van der Waals surface area contributed by atoms with Gasteiger partial charge in [0.1, 0.15) is 10.6 Å². The van der Waals surface area contributed by atoms with E-state index in [0.29, 0.717) is 5.28 Å². The van der Waals surface area contributed by atoms with Gasteiger partial charge in [-0.3, -0.25) is 0 Å². The second-order valence-corrected chi connectivity index (χ2v) is 8.88. The van der Waals surface area contributed by atoms with Gasteiger partial charge in [-0.05, 0) is 48.6 Å². The van der Waals surface area contributed by atoms with Gasteiger partial charge in [0.2, 0.25) is 5.28 Å². The zero-order valence-corrected chi connectivity index (χ0v) is 17.4. The first-order valence-corrected chi connectivity index (χ1v) is 10.6. The maximum absolute atomic E-state index is 6.33. The van der Waals surface area contributed by atoms with Crippen LogP contribution < -0.4 is 4.90 Å². The molecule has 0 aliphatic carbocycles. The number of benzene rings is 2. The number of nitrogens with zero attached hydrogens (tertiary/aromatic N) is 3. The van der Waals surface area contributed by atoms with Gasteiger partial charge >= 0.3 is 0 Å². The summed E-state index contributed by atoms with van der Waals surface area (Å²) >= 11 is 8.02. The maximum Gasteiger partial charge on any atom is 0.225 e. The van der Waals surface area contributed by atoms with Gasteiger partial charge in [0.05, 0.1) is 5.39 Å². The van der Waals surface area contributed by atoms with Gasteiger partial charge in [-0.2, -0.15) is 4.98 Å². The minimum absolute atomic E-state index is 0.318. The van der Waals surface area contributed by atoms with Crippen molar-refractivity contribution in [2.75, 3.05) is 11.4 Å². The smallest absolute Gasteiger partial charge is 0.225 e. The summed E-state index contributed by atoms with van der Waals surface area (Å²) in [5, 5.41) is 1.44. The number of aromatic nitrogens is 2. The van der Waals surface area contributed by atoms with Crippen molar-refractivity contribution >= 4 is 39.0 Å². The van der Waals surface area contributed by atoms with Gasteiger partial charge in [0.15, 0.2) is 0 Å². The predicted octanol–water partition coefficient (Wildman–Crippen LogP) is 6.19. The number of rotatable bonds is 2. The van der Waals surface area contributed by atoms with Crippen LogP contribution >= 0.6 is 22.9 Å². The highest BCUT2D eigenvalue weighted by atomic mass is 35.5. The monoisotopic (exact) mass is 405 g/mol. The summed E-state index contributed by atoms with van der Waals surface area (Å²) in [6.45, 7) is 6.05. The van der Waals surface area contributed by atoms with Crippen LogP contribution in [0.25, 0.3) is 21.3 Å². The molecule has 1 aliphatic heterocycles. The topological polar surface area (TPSA) is 29.0 Å². The zero-order chi connectivity index (χ0) is 19.3. The number of thiophene rings is 1. The van der Waals surface area contributed by atoms with E-state index in [-0.39, 0.29) is 0 Å². The lowest BCUT2D eigenvalue weighted by molar-refractivity contribution is 0.723. The Morgan fingerprint density at radius 1 is 0.964 bits per heavy atom. The van der Waals surface area contributed by atoms with E-state index in [1.807, 2.05) is 0 Å². The van der Waals surface area contributed by atoms with Gasteiger partial charge in [0.25, 0.3) is 0 Å². The van der Waals surface area contributed by atoms with Crippen molar-refractivity contribution in [1.82, 2.24) is 9.97 Å². The minimum Gasteiger partial charge on any atom is -0.351 e. The molecule has 5 heteroatoms. The van der Waals surface area contributed by atoms with Crippen LogP contribution in [0.4, 0.5) is 5.82 Å². The number of fused-ring (bicyclic) bond motifs is 2. The van der Waals surface area contributed by atoms with E-state index in [0.717, 1.165) is 35.5 Å². The zero-order valence-electron chi connectivity index (χ0n) is 15.9. The Balaban J connectivity index is 1.70. The van der Waals surface area contributed by atoms with Crippen LogP contribution in [0.3, 0.4) is 0 Å². The van der Waals surface area contributed by atoms with Crippen molar-refractivity contribution in [3.05, 3.63) is 75.4 Å². The van der Waals surface area contributed by atoms with E-state index in [9.17, 15) is 0 Å². The van der Waals surface area contributed by atoms with Crippen molar-refractivity contribution in [3.63, 3.8) is 0 Å². The Labute approximate surface area is 173 Å². The molecule has 4 aromatic rings. The molecule has 2 aromatic heterocycles. The molecule has 3 nitrogen and oxygen atoms in total. The highest BCUT2D eigenvalue weighted by molar-refractivity contribution is 7.19. The van der Waals surface area contributed by atoms with E-state index < -0.39 is 0 Å². The third-order valence-corrected chi connectivity index (χ3v) is 6.62. The highest BCUT2D eigenvalue weighted by Crippen LogP contribution is 2.43. The van der Waals surface area contributed by atoms with Gasteiger partial charge in [-0.1, -0.05) is 54.1 Å².